The number of nitrogens with zero attached hydrogens (tertiary/aromatic N) is 2. The van der Waals surface area contributed by atoms with Gasteiger partial charge in [-0.15, -0.1) is 0 Å². The fourth-order valence-corrected chi connectivity index (χ4v) is 9.01. The smallest absolute Gasteiger partial charge is 0.347 e. The zero-order chi connectivity index (χ0) is 46.9. The molecule has 5 aromatic carbocycles. The van der Waals surface area contributed by atoms with Crippen molar-refractivity contribution in [1.29, 1.82) is 0 Å². The molecule has 0 spiro atoms. The Morgan fingerprint density at radius 1 is 0.836 bits per heavy atom. The van der Waals surface area contributed by atoms with Crippen LogP contribution in [-0.2, 0) is 33.0 Å². The van der Waals surface area contributed by atoms with Crippen LogP contribution in [0.3, 0.4) is 0 Å². The number of benzene rings is 5. The SMILES string of the molecule is C[C@H](NC(=O)c1ccc(CNC[C@H](O)c2ccc(O)c3[nH]c(=O)ccc23)cc1)C(=O)N1CC=C(c2cccc([C@](O)(C(=O)OCC3CCN(Cc4ccccc4)CC3)c3ccccc3)c2)CC1. The molecule has 13 nitrogen and oxygen atoms in total. The molecule has 3 heterocycles. The first-order chi connectivity index (χ1) is 32.5. The zero-order valence-electron chi connectivity index (χ0n) is 37.6. The van der Waals surface area contributed by atoms with E-state index >= 15 is 0 Å². The number of aromatic hydroxyl groups is 1. The summed E-state index contributed by atoms with van der Waals surface area (Å²) in [5.74, 6) is -1.19. The number of rotatable bonds is 16. The second-order valence-corrected chi connectivity index (χ2v) is 17.5. The Labute approximate surface area is 389 Å². The number of aliphatic hydroxyl groups excluding tert-OH is 1. The third-order valence-corrected chi connectivity index (χ3v) is 12.9. The first kappa shape index (κ1) is 46.6. The standard InChI is InChI=1S/C54H57N5O8/c1-36(56-51(63)41-17-15-37(16-18-41)32-55-33-48(61)45-19-21-47(60)50-46(45)20-22-49(62)57-50)52(64)59-29-25-40(26-30-59)42-11-8-14-44(31-42)54(66,43-12-6-3-7-13-43)53(65)67-35-39-23-27-58(28-24-39)34-38-9-4-2-5-10-38/h2-22,25,31,36,39,48,55,60-61,66H,23-24,26-30,32-35H2,1H3,(H,56,63)(H,57,62)/t36-,48-,54-/m0/s1. The molecule has 8 rings (SSSR count). The lowest BCUT2D eigenvalue weighted by Gasteiger charge is -2.33. The minimum absolute atomic E-state index is 0.0783. The number of likely N-dealkylation sites (tertiary alicyclic amines) is 1. The molecule has 2 amide bonds. The highest BCUT2D eigenvalue weighted by molar-refractivity contribution is 5.97. The van der Waals surface area contributed by atoms with E-state index in [1.807, 2.05) is 36.4 Å². The van der Waals surface area contributed by atoms with Crippen LogP contribution in [-0.4, -0.2) is 93.3 Å². The van der Waals surface area contributed by atoms with E-state index in [0.29, 0.717) is 53.7 Å². The number of hydrogen-bond acceptors (Lipinski definition) is 10. The van der Waals surface area contributed by atoms with Crippen molar-refractivity contribution in [2.24, 2.45) is 5.92 Å². The molecule has 3 atom stereocenters. The fraction of sp³-hybridized carbons (Fsp3) is 0.296. The van der Waals surface area contributed by atoms with Crippen molar-refractivity contribution in [2.45, 2.75) is 57.0 Å². The third-order valence-electron chi connectivity index (χ3n) is 12.9. The van der Waals surface area contributed by atoms with Crippen molar-refractivity contribution < 1.29 is 34.4 Å². The molecule has 2 aliphatic heterocycles. The van der Waals surface area contributed by atoms with Crippen LogP contribution in [0.5, 0.6) is 5.75 Å². The second-order valence-electron chi connectivity index (χ2n) is 17.5. The largest absolute Gasteiger partial charge is 0.506 e. The van der Waals surface area contributed by atoms with E-state index < -0.39 is 23.7 Å². The summed E-state index contributed by atoms with van der Waals surface area (Å²) >= 11 is 0. The number of H-pyrrole nitrogens is 1. The van der Waals surface area contributed by atoms with E-state index in [2.05, 4.69) is 44.8 Å². The maximum absolute atomic E-state index is 14.0. The topological polar surface area (TPSA) is 185 Å². The Kier molecular flexibility index (Phi) is 14.7. The predicted molar refractivity (Wildman–Crippen MR) is 257 cm³/mol. The number of nitrogens with one attached hydrogen (secondary N) is 3. The molecule has 1 saturated heterocycles. The van der Waals surface area contributed by atoms with Crippen LogP contribution < -0.4 is 16.2 Å². The van der Waals surface area contributed by atoms with Crippen molar-refractivity contribution in [1.82, 2.24) is 25.4 Å². The van der Waals surface area contributed by atoms with Gasteiger partial charge in [-0.2, -0.15) is 0 Å². The van der Waals surface area contributed by atoms with Crippen LogP contribution >= 0.6 is 0 Å². The van der Waals surface area contributed by atoms with Crippen molar-refractivity contribution in [3.8, 4) is 5.75 Å². The van der Waals surface area contributed by atoms with Gasteiger partial charge in [0.2, 0.25) is 17.1 Å². The highest BCUT2D eigenvalue weighted by Gasteiger charge is 2.42. The molecule has 0 unspecified atom stereocenters. The molecule has 13 heteroatoms. The molecule has 1 aromatic heterocycles. The second kappa shape index (κ2) is 21.2. The summed E-state index contributed by atoms with van der Waals surface area (Å²) in [4.78, 5) is 59.3. The van der Waals surface area contributed by atoms with Crippen molar-refractivity contribution in [3.05, 3.63) is 189 Å². The van der Waals surface area contributed by atoms with Crippen molar-refractivity contribution in [2.75, 3.05) is 39.3 Å². The number of aromatic nitrogens is 1. The van der Waals surface area contributed by atoms with Crippen LogP contribution in [0.25, 0.3) is 16.5 Å². The maximum Gasteiger partial charge on any atom is 0.347 e. The molecule has 1 fully saturated rings. The molecular formula is C54H57N5O8. The first-order valence-corrected chi connectivity index (χ1v) is 22.9. The molecule has 6 aromatic rings. The van der Waals surface area contributed by atoms with Gasteiger partial charge in [-0.25, -0.2) is 4.79 Å². The molecule has 2 aliphatic rings. The number of fused-ring (bicyclic) bond motifs is 1. The lowest BCUT2D eigenvalue weighted by molar-refractivity contribution is -0.164. The molecule has 0 radical (unpaired) electrons. The number of phenolic OH excluding ortho intramolecular Hbond substituents is 1. The number of esters is 1. The van der Waals surface area contributed by atoms with Gasteiger partial charge in [-0.3, -0.25) is 19.3 Å². The molecule has 0 aliphatic carbocycles. The number of aliphatic hydroxyl groups is 2. The molecule has 0 bridgehead atoms. The minimum atomic E-state index is -2.03. The third kappa shape index (κ3) is 11.0. The summed E-state index contributed by atoms with van der Waals surface area (Å²) in [7, 11) is 0. The molecule has 0 saturated carbocycles. The Morgan fingerprint density at radius 2 is 1.55 bits per heavy atom. The number of carbonyl (C=O) groups excluding carboxylic acids is 3. The normalized spacial score (nSPS) is 16.4. The van der Waals surface area contributed by atoms with Gasteiger partial charge < -0.3 is 40.6 Å². The Bertz CT molecular complexity index is 2770. The molecule has 6 N–H and O–H groups in total. The summed E-state index contributed by atoms with van der Waals surface area (Å²) < 4.78 is 5.95. The van der Waals surface area contributed by atoms with Crippen LogP contribution in [0.4, 0.5) is 0 Å². The fourth-order valence-electron chi connectivity index (χ4n) is 9.01. The number of aromatic amines is 1. The molecule has 346 valence electrons. The number of amides is 2. The average Bonchev–Trinajstić information content (AvgIpc) is 3.36. The van der Waals surface area contributed by atoms with Gasteiger partial charge in [-0.05, 0) is 109 Å². The number of phenols is 1. The van der Waals surface area contributed by atoms with E-state index in [9.17, 15) is 34.5 Å². The first-order valence-electron chi connectivity index (χ1n) is 22.9. The lowest BCUT2D eigenvalue weighted by Crippen LogP contribution is -2.48. The monoisotopic (exact) mass is 903 g/mol. The Hall–Kier alpha value is -6.90. The van der Waals surface area contributed by atoms with Crippen LogP contribution in [0, 0.1) is 5.92 Å². The summed E-state index contributed by atoms with van der Waals surface area (Å²) in [5, 5.41) is 40.0. The molecule has 67 heavy (non-hydrogen) atoms. The number of carbonyl (C=O) groups is 3. The van der Waals surface area contributed by atoms with Gasteiger partial charge in [0.05, 0.1) is 18.2 Å². The Morgan fingerprint density at radius 3 is 2.27 bits per heavy atom. The van der Waals surface area contributed by atoms with E-state index in [1.165, 1.54) is 17.7 Å². The number of ether oxygens (including phenoxy) is 1. The zero-order valence-corrected chi connectivity index (χ0v) is 37.6. The highest BCUT2D eigenvalue weighted by Crippen LogP contribution is 2.35. The van der Waals surface area contributed by atoms with Gasteiger partial charge in [0.15, 0.2) is 0 Å². The highest BCUT2D eigenvalue weighted by atomic mass is 16.5. The van der Waals surface area contributed by atoms with Gasteiger partial charge in [0.25, 0.3) is 5.91 Å². The van der Waals surface area contributed by atoms with Gasteiger partial charge in [0.1, 0.15) is 11.8 Å². The Balaban J connectivity index is 0.830. The van der Waals surface area contributed by atoms with Crippen LogP contribution in [0.15, 0.2) is 144 Å². The molecular weight excluding hydrogens is 847 g/mol. The summed E-state index contributed by atoms with van der Waals surface area (Å²) in [6, 6.07) is 38.8. The van der Waals surface area contributed by atoms with Gasteiger partial charge in [-0.1, -0.05) is 103 Å². The van der Waals surface area contributed by atoms with Gasteiger partial charge in [0, 0.05) is 55.3 Å². The van der Waals surface area contributed by atoms with E-state index in [-0.39, 0.29) is 47.7 Å². The quantitative estimate of drug-likeness (QED) is 0.0614. The summed E-state index contributed by atoms with van der Waals surface area (Å²) in [6.45, 7) is 5.96. The summed E-state index contributed by atoms with van der Waals surface area (Å²) in [5.41, 5.74) is 3.62. The van der Waals surface area contributed by atoms with E-state index in [1.54, 1.807) is 78.6 Å². The summed E-state index contributed by atoms with van der Waals surface area (Å²) in [6.07, 6.45) is 3.39. The van der Waals surface area contributed by atoms with Crippen LogP contribution in [0.1, 0.15) is 76.0 Å². The van der Waals surface area contributed by atoms with Crippen LogP contribution in [0.2, 0.25) is 0 Å². The number of piperidine rings is 1. The number of pyridine rings is 1. The maximum atomic E-state index is 14.0. The average molecular weight is 904 g/mol. The van der Waals surface area contributed by atoms with E-state index in [0.717, 1.165) is 49.2 Å². The van der Waals surface area contributed by atoms with E-state index in [4.69, 9.17) is 4.74 Å². The van der Waals surface area contributed by atoms with Crippen molar-refractivity contribution in [3.63, 3.8) is 0 Å². The van der Waals surface area contributed by atoms with Crippen molar-refractivity contribution >= 4 is 34.3 Å². The van der Waals surface area contributed by atoms with Gasteiger partial charge >= 0.3 is 5.97 Å². The minimum Gasteiger partial charge on any atom is -0.506 e. The lowest BCUT2D eigenvalue weighted by atomic mass is 9.84. The number of hydrogen-bond donors (Lipinski definition) is 6. The predicted octanol–water partition coefficient (Wildman–Crippen LogP) is 6.18.